The van der Waals surface area contributed by atoms with Crippen LogP contribution < -0.4 is 4.74 Å². The average molecular weight is 501 g/mol. The van der Waals surface area contributed by atoms with Gasteiger partial charge in [-0.2, -0.15) is 8.78 Å². The Morgan fingerprint density at radius 3 is 2.34 bits per heavy atom. The number of unbranched alkanes of at least 4 members (excludes halogenated alkanes) is 1. The molecule has 0 saturated carbocycles. The minimum absolute atomic E-state index is 0.0241. The number of alkyl halides is 2. The third kappa shape index (κ3) is 5.26. The molecule has 0 spiro atoms. The molecule has 0 N–H and O–H groups in total. The first-order chi connectivity index (χ1) is 16.7. The molecule has 0 fully saturated rings. The highest BCUT2D eigenvalue weighted by molar-refractivity contribution is 6.38. The Hall–Kier alpha value is -3.56. The highest BCUT2D eigenvalue weighted by atomic mass is 35.5. The zero-order valence-electron chi connectivity index (χ0n) is 18.4. The van der Waals surface area contributed by atoms with Crippen LogP contribution in [0.15, 0.2) is 66.7 Å². The highest BCUT2D eigenvalue weighted by Crippen LogP contribution is 2.40. The number of halogens is 6. The fraction of sp³-hybridized carbons (Fsp3) is 0.143. The number of rotatable bonds is 5. The Bertz CT molecular complexity index is 1450. The second-order valence-corrected chi connectivity index (χ2v) is 8.18. The van der Waals surface area contributed by atoms with Crippen LogP contribution in [0.3, 0.4) is 0 Å². The number of fused-ring (bicyclic) bond motifs is 1. The van der Waals surface area contributed by atoms with Gasteiger partial charge in [-0.15, -0.1) is 0 Å². The summed E-state index contributed by atoms with van der Waals surface area (Å²) >= 11 is 6.52. The lowest BCUT2D eigenvalue weighted by molar-refractivity contribution is -0.189. The minimum atomic E-state index is -4.39. The zero-order chi connectivity index (χ0) is 25.2. The van der Waals surface area contributed by atoms with Crippen LogP contribution in [0.1, 0.15) is 30.9 Å². The predicted molar refractivity (Wildman–Crippen MR) is 127 cm³/mol. The van der Waals surface area contributed by atoms with Gasteiger partial charge in [-0.05, 0) is 53.8 Å². The van der Waals surface area contributed by atoms with Gasteiger partial charge in [-0.3, -0.25) is 0 Å². The molecule has 0 unspecified atom stereocenters. The zero-order valence-corrected chi connectivity index (χ0v) is 19.2. The molecule has 4 aromatic carbocycles. The number of hydrogen-bond acceptors (Lipinski definition) is 1. The normalized spacial score (nSPS) is 11.3. The Morgan fingerprint density at radius 1 is 0.914 bits per heavy atom. The lowest BCUT2D eigenvalue weighted by Gasteiger charge is -2.20. The van der Waals surface area contributed by atoms with Gasteiger partial charge in [0, 0.05) is 29.0 Å². The Kier molecular flexibility index (Phi) is 7.00. The van der Waals surface area contributed by atoms with Gasteiger partial charge < -0.3 is 4.74 Å². The lowest BCUT2D eigenvalue weighted by Crippen LogP contribution is -2.25. The number of hydrogen-bond donors (Lipinski definition) is 0. The van der Waals surface area contributed by atoms with Gasteiger partial charge >= 0.3 is 6.11 Å². The highest BCUT2D eigenvalue weighted by Gasteiger charge is 2.41. The van der Waals surface area contributed by atoms with Crippen LogP contribution >= 0.6 is 11.6 Å². The van der Waals surface area contributed by atoms with Crippen LogP contribution in [0.5, 0.6) is 5.75 Å². The lowest BCUT2D eigenvalue weighted by atomic mass is 9.98. The molecule has 0 aromatic heterocycles. The maximum absolute atomic E-state index is 14.8. The van der Waals surface area contributed by atoms with Crippen molar-refractivity contribution in [2.75, 3.05) is 0 Å². The van der Waals surface area contributed by atoms with Gasteiger partial charge in [0.1, 0.15) is 28.8 Å². The Balaban J connectivity index is 1.70. The largest absolute Gasteiger partial charge is 0.432 e. The molecule has 0 radical (unpaired) electrons. The summed E-state index contributed by atoms with van der Waals surface area (Å²) in [6.07, 6.45) is -2.66. The van der Waals surface area contributed by atoms with Crippen LogP contribution in [-0.4, -0.2) is 0 Å². The summed E-state index contributed by atoms with van der Waals surface area (Å²) in [7, 11) is 0. The number of ether oxygens (including phenoxy) is 1. The van der Waals surface area contributed by atoms with E-state index in [2.05, 4.69) is 16.6 Å². The third-order valence-electron chi connectivity index (χ3n) is 5.25. The molecule has 4 aromatic rings. The topological polar surface area (TPSA) is 9.23 Å². The van der Waals surface area contributed by atoms with E-state index in [0.717, 1.165) is 54.1 Å². The van der Waals surface area contributed by atoms with Crippen molar-refractivity contribution < 1.29 is 26.7 Å². The molecule has 0 heterocycles. The van der Waals surface area contributed by atoms with Gasteiger partial charge in [0.15, 0.2) is 0 Å². The Labute approximate surface area is 204 Å². The van der Waals surface area contributed by atoms with E-state index >= 15 is 0 Å². The molecule has 35 heavy (non-hydrogen) atoms. The molecule has 0 aliphatic carbocycles. The second kappa shape index (κ2) is 9.97. The van der Waals surface area contributed by atoms with Gasteiger partial charge in [-0.25, -0.2) is 13.2 Å². The monoisotopic (exact) mass is 500 g/mol. The first-order valence-electron chi connectivity index (χ1n) is 10.7. The summed E-state index contributed by atoms with van der Waals surface area (Å²) in [5, 5.41) is 1.61. The predicted octanol–water partition coefficient (Wildman–Crippen LogP) is 8.86. The van der Waals surface area contributed by atoms with E-state index in [4.69, 9.17) is 11.6 Å². The van der Waals surface area contributed by atoms with E-state index in [0.29, 0.717) is 11.5 Å². The summed E-state index contributed by atoms with van der Waals surface area (Å²) in [5.74, 6) is 1.66. The van der Waals surface area contributed by atoms with Gasteiger partial charge in [0.05, 0.1) is 5.02 Å². The smallest absolute Gasteiger partial charge is 0.429 e. The molecule has 0 aliphatic rings. The third-order valence-corrected chi connectivity index (χ3v) is 5.66. The number of benzene rings is 4. The first-order valence-corrected chi connectivity index (χ1v) is 11.1. The molecule has 178 valence electrons. The maximum Gasteiger partial charge on any atom is 0.432 e. The van der Waals surface area contributed by atoms with Crippen molar-refractivity contribution in [3.63, 3.8) is 0 Å². The fourth-order valence-corrected chi connectivity index (χ4v) is 3.96. The SMILES string of the molecule is CCCC#Cc1ccc2c(Cl)c(-c3cc(F)c(C(F)(F)Oc4cccc(F)c4)c(F)c3)ccc2c1. The molecule has 0 saturated heterocycles. The van der Waals surface area contributed by atoms with Crippen LogP contribution in [0, 0.1) is 29.3 Å². The first kappa shape index (κ1) is 24.6. The summed E-state index contributed by atoms with van der Waals surface area (Å²) in [6, 6.07) is 14.1. The molecule has 0 atom stereocenters. The van der Waals surface area contributed by atoms with Crippen molar-refractivity contribution in [3.8, 4) is 28.7 Å². The summed E-state index contributed by atoms with van der Waals surface area (Å²) in [5.41, 5.74) is -0.541. The maximum atomic E-state index is 14.8. The van der Waals surface area contributed by atoms with Crippen molar-refractivity contribution in [2.24, 2.45) is 0 Å². The van der Waals surface area contributed by atoms with Crippen molar-refractivity contribution in [2.45, 2.75) is 25.9 Å². The quantitative estimate of drug-likeness (QED) is 0.196. The van der Waals surface area contributed by atoms with Crippen LogP contribution in [0.2, 0.25) is 5.02 Å². The standard InChI is InChI=1S/C28H18ClF5O/c1-2-3-4-6-17-9-11-22-18(13-17)10-12-23(27(22)29)19-14-24(31)26(25(32)15-19)28(33,34)35-21-8-5-7-20(30)16-21/h5,7-16H,2-3H2,1H3. The van der Waals surface area contributed by atoms with Crippen LogP contribution in [0.4, 0.5) is 22.0 Å². The van der Waals surface area contributed by atoms with Gasteiger partial charge in [0.25, 0.3) is 0 Å². The molecule has 1 nitrogen and oxygen atoms in total. The van der Waals surface area contributed by atoms with Crippen molar-refractivity contribution in [3.05, 3.63) is 100 Å². The van der Waals surface area contributed by atoms with Crippen molar-refractivity contribution >= 4 is 22.4 Å². The average Bonchev–Trinajstić information content (AvgIpc) is 2.78. The van der Waals surface area contributed by atoms with Crippen LogP contribution in [0.25, 0.3) is 21.9 Å². The Morgan fingerprint density at radius 2 is 1.66 bits per heavy atom. The summed E-state index contributed by atoms with van der Waals surface area (Å²) in [6.45, 7) is 2.03. The van der Waals surface area contributed by atoms with Crippen molar-refractivity contribution in [1.82, 2.24) is 0 Å². The van der Waals surface area contributed by atoms with E-state index in [-0.39, 0.29) is 16.1 Å². The van der Waals surface area contributed by atoms with E-state index in [1.165, 1.54) is 0 Å². The molecule has 0 aliphatic heterocycles. The molecule has 7 heteroatoms. The molecule has 0 bridgehead atoms. The van der Waals surface area contributed by atoms with E-state index < -0.39 is 34.9 Å². The van der Waals surface area contributed by atoms with Crippen molar-refractivity contribution in [1.29, 1.82) is 0 Å². The van der Waals surface area contributed by atoms with Gasteiger partial charge in [-0.1, -0.05) is 54.6 Å². The summed E-state index contributed by atoms with van der Waals surface area (Å²) in [4.78, 5) is 0. The fourth-order valence-electron chi connectivity index (χ4n) is 3.62. The van der Waals surface area contributed by atoms with Crippen LogP contribution in [-0.2, 0) is 6.11 Å². The second-order valence-electron chi connectivity index (χ2n) is 7.81. The minimum Gasteiger partial charge on any atom is -0.429 e. The van der Waals surface area contributed by atoms with E-state index in [1.807, 2.05) is 13.0 Å². The van der Waals surface area contributed by atoms with E-state index in [1.54, 1.807) is 24.3 Å². The van der Waals surface area contributed by atoms with E-state index in [9.17, 15) is 22.0 Å². The molecule has 4 rings (SSSR count). The molecular formula is C28H18ClF5O. The molecular weight excluding hydrogens is 483 g/mol. The molecule has 0 amide bonds. The summed E-state index contributed by atoms with van der Waals surface area (Å²) < 4.78 is 76.5. The van der Waals surface area contributed by atoms with Gasteiger partial charge in [0.2, 0.25) is 0 Å².